The molecule has 1 aromatic carbocycles. The van der Waals surface area contributed by atoms with Crippen LogP contribution in [0.4, 0.5) is 0 Å². The van der Waals surface area contributed by atoms with Crippen LogP contribution in [0, 0.1) is 5.92 Å². The third-order valence-electron chi connectivity index (χ3n) is 4.06. The van der Waals surface area contributed by atoms with Crippen LogP contribution in [-0.4, -0.2) is 46.8 Å². The summed E-state index contributed by atoms with van der Waals surface area (Å²) in [6, 6.07) is 7.15. The number of aliphatic hydroxyl groups excluding tert-OH is 2. The van der Waals surface area contributed by atoms with Crippen molar-refractivity contribution in [2.24, 2.45) is 11.7 Å². The quantitative estimate of drug-likeness (QED) is 0.755. The molecule has 0 spiro atoms. The molecule has 1 amide bonds. The second kappa shape index (κ2) is 7.22. The predicted octanol–water partition coefficient (Wildman–Crippen LogP) is 0.932. The molecule has 21 heavy (non-hydrogen) atoms. The molecule has 6 heteroatoms. The van der Waals surface area contributed by atoms with Crippen molar-refractivity contribution in [1.82, 2.24) is 4.90 Å². The summed E-state index contributed by atoms with van der Waals surface area (Å²) in [5.41, 5.74) is 5.95. The van der Waals surface area contributed by atoms with E-state index < -0.39 is 18.1 Å². The molecule has 2 rings (SSSR count). The van der Waals surface area contributed by atoms with Crippen molar-refractivity contribution >= 4 is 17.5 Å². The van der Waals surface area contributed by atoms with Gasteiger partial charge in [-0.3, -0.25) is 4.79 Å². The number of piperidine rings is 1. The minimum Gasteiger partial charge on any atom is -0.387 e. The number of nitrogens with zero attached hydrogens (tertiary/aromatic N) is 1. The lowest BCUT2D eigenvalue weighted by Crippen LogP contribution is -2.43. The van der Waals surface area contributed by atoms with Gasteiger partial charge >= 0.3 is 0 Å². The Hall–Kier alpha value is -1.14. The highest BCUT2D eigenvalue weighted by Gasteiger charge is 2.29. The molecule has 1 aliphatic rings. The smallest absolute Gasteiger partial charge is 0.246 e. The van der Waals surface area contributed by atoms with Crippen molar-refractivity contribution in [3.05, 3.63) is 34.9 Å². The van der Waals surface area contributed by atoms with Crippen molar-refractivity contribution in [3.63, 3.8) is 0 Å². The molecule has 1 aliphatic heterocycles. The van der Waals surface area contributed by atoms with Crippen molar-refractivity contribution in [2.45, 2.75) is 25.0 Å². The van der Waals surface area contributed by atoms with Gasteiger partial charge in [-0.2, -0.15) is 0 Å². The molecular weight excluding hydrogens is 292 g/mol. The van der Waals surface area contributed by atoms with Crippen LogP contribution < -0.4 is 5.73 Å². The van der Waals surface area contributed by atoms with E-state index >= 15 is 0 Å². The van der Waals surface area contributed by atoms with Crippen LogP contribution in [0.25, 0.3) is 0 Å². The van der Waals surface area contributed by atoms with E-state index in [1.165, 1.54) is 0 Å². The zero-order valence-electron chi connectivity index (χ0n) is 11.8. The number of rotatable bonds is 5. The van der Waals surface area contributed by atoms with Gasteiger partial charge in [-0.15, -0.1) is 0 Å². The van der Waals surface area contributed by atoms with Gasteiger partial charge in [-0.05, 0) is 49.5 Å². The maximum absolute atomic E-state index is 11.0. The predicted molar refractivity (Wildman–Crippen MR) is 80.8 cm³/mol. The van der Waals surface area contributed by atoms with E-state index in [0.717, 1.165) is 18.7 Å². The highest BCUT2D eigenvalue weighted by atomic mass is 35.5. The molecule has 4 N–H and O–H groups in total. The van der Waals surface area contributed by atoms with E-state index in [-0.39, 0.29) is 5.92 Å². The number of aliphatic hydroxyl groups is 2. The Kier molecular flexibility index (Phi) is 5.58. The van der Waals surface area contributed by atoms with E-state index in [1.807, 2.05) is 12.1 Å². The van der Waals surface area contributed by atoms with Crippen LogP contribution in [0.15, 0.2) is 24.3 Å². The first-order valence-corrected chi connectivity index (χ1v) is 7.48. The number of halogens is 1. The summed E-state index contributed by atoms with van der Waals surface area (Å²) >= 11 is 5.83. The molecular formula is C15H21ClN2O3. The third-order valence-corrected chi connectivity index (χ3v) is 4.31. The topological polar surface area (TPSA) is 86.8 Å². The second-order valence-corrected chi connectivity index (χ2v) is 5.99. The Balaban J connectivity index is 1.83. The molecule has 0 unspecified atom stereocenters. The average Bonchev–Trinajstić information content (AvgIpc) is 2.47. The van der Waals surface area contributed by atoms with Gasteiger partial charge in [0.2, 0.25) is 5.91 Å². The molecule has 0 saturated carbocycles. The van der Waals surface area contributed by atoms with Crippen LogP contribution in [0.5, 0.6) is 0 Å². The van der Waals surface area contributed by atoms with E-state index in [0.29, 0.717) is 24.4 Å². The summed E-state index contributed by atoms with van der Waals surface area (Å²) in [5.74, 6) is -0.735. The van der Waals surface area contributed by atoms with E-state index in [1.54, 1.807) is 12.1 Å². The fraction of sp³-hybridized carbons (Fsp3) is 0.533. The molecule has 1 fully saturated rings. The molecule has 1 saturated heterocycles. The maximum atomic E-state index is 11.0. The zero-order chi connectivity index (χ0) is 15.4. The van der Waals surface area contributed by atoms with E-state index in [2.05, 4.69) is 4.90 Å². The summed E-state index contributed by atoms with van der Waals surface area (Å²) in [7, 11) is 0. The van der Waals surface area contributed by atoms with E-state index in [4.69, 9.17) is 17.3 Å². The number of amides is 1. The fourth-order valence-corrected chi connectivity index (χ4v) is 2.84. The number of likely N-dealkylation sites (tertiary alicyclic amines) is 1. The summed E-state index contributed by atoms with van der Waals surface area (Å²) in [6.45, 7) is 2.00. The monoisotopic (exact) mass is 312 g/mol. The molecule has 2 atom stereocenters. The van der Waals surface area contributed by atoms with Crippen LogP contribution in [0.2, 0.25) is 5.02 Å². The summed E-state index contributed by atoms with van der Waals surface area (Å²) in [5, 5.41) is 20.5. The summed E-state index contributed by atoms with van der Waals surface area (Å²) < 4.78 is 0. The van der Waals surface area contributed by atoms with Crippen LogP contribution in [-0.2, 0) is 4.79 Å². The number of primary amides is 1. The summed E-state index contributed by atoms with van der Waals surface area (Å²) in [4.78, 5) is 13.1. The fourth-order valence-electron chi connectivity index (χ4n) is 2.72. The first kappa shape index (κ1) is 16.2. The van der Waals surface area contributed by atoms with Crippen molar-refractivity contribution < 1.29 is 15.0 Å². The molecule has 0 radical (unpaired) electrons. The number of carbonyl (C=O) groups excluding carboxylic acids is 1. The van der Waals surface area contributed by atoms with Gasteiger partial charge < -0.3 is 20.8 Å². The third kappa shape index (κ3) is 4.41. The van der Waals surface area contributed by atoms with Gasteiger partial charge in [0.15, 0.2) is 0 Å². The Bertz CT molecular complexity index is 472. The number of benzene rings is 1. The van der Waals surface area contributed by atoms with Crippen LogP contribution in [0.3, 0.4) is 0 Å². The minimum absolute atomic E-state index is 0.0774. The summed E-state index contributed by atoms with van der Waals surface area (Å²) in [6.07, 6.45) is -0.220. The SMILES string of the molecule is NC(=O)[C@@H](O)C1CCN(C[C@H](O)c2ccc(Cl)cc2)CC1. The highest BCUT2D eigenvalue weighted by molar-refractivity contribution is 6.30. The Morgan fingerprint density at radius 1 is 1.29 bits per heavy atom. The first-order valence-electron chi connectivity index (χ1n) is 7.10. The molecule has 0 aliphatic carbocycles. The molecule has 116 valence electrons. The van der Waals surface area contributed by atoms with Crippen molar-refractivity contribution in [3.8, 4) is 0 Å². The van der Waals surface area contributed by atoms with Crippen molar-refractivity contribution in [2.75, 3.05) is 19.6 Å². The van der Waals surface area contributed by atoms with Gasteiger partial charge in [0.1, 0.15) is 6.10 Å². The number of nitrogens with two attached hydrogens (primary N) is 1. The lowest BCUT2D eigenvalue weighted by atomic mass is 9.90. The van der Waals surface area contributed by atoms with Gasteiger partial charge in [0.25, 0.3) is 0 Å². The van der Waals surface area contributed by atoms with Gasteiger partial charge in [-0.1, -0.05) is 23.7 Å². The Labute approximate surface area is 129 Å². The normalized spacial score (nSPS) is 20.1. The number of hydrogen-bond acceptors (Lipinski definition) is 4. The largest absolute Gasteiger partial charge is 0.387 e. The number of hydrogen-bond donors (Lipinski definition) is 3. The molecule has 0 aromatic heterocycles. The number of carbonyl (C=O) groups is 1. The molecule has 1 aromatic rings. The number of β-amino-alcohol motifs (C(OH)–C–C–N with tert-alkyl or cyclic N) is 1. The molecule has 5 nitrogen and oxygen atoms in total. The average molecular weight is 313 g/mol. The minimum atomic E-state index is -1.06. The first-order chi connectivity index (χ1) is 9.97. The Morgan fingerprint density at radius 2 is 1.86 bits per heavy atom. The second-order valence-electron chi connectivity index (χ2n) is 5.55. The Morgan fingerprint density at radius 3 is 2.38 bits per heavy atom. The van der Waals surface area contributed by atoms with Crippen molar-refractivity contribution in [1.29, 1.82) is 0 Å². The van der Waals surface area contributed by atoms with Gasteiger partial charge in [-0.25, -0.2) is 0 Å². The van der Waals surface area contributed by atoms with Gasteiger partial charge in [0, 0.05) is 11.6 Å². The van der Waals surface area contributed by atoms with Crippen LogP contribution >= 0.6 is 11.6 Å². The molecule has 0 bridgehead atoms. The lowest BCUT2D eigenvalue weighted by Gasteiger charge is -2.34. The zero-order valence-corrected chi connectivity index (χ0v) is 12.5. The highest BCUT2D eigenvalue weighted by Crippen LogP contribution is 2.23. The standard InChI is InChI=1S/C15H21ClN2O3/c16-12-3-1-10(2-4-12)13(19)9-18-7-5-11(6-8-18)14(20)15(17)21/h1-4,11,13-14,19-20H,5-9H2,(H2,17,21)/t13-,14-/m0/s1. The molecule has 1 heterocycles. The van der Waals surface area contributed by atoms with Crippen LogP contribution in [0.1, 0.15) is 24.5 Å². The lowest BCUT2D eigenvalue weighted by molar-refractivity contribution is -0.129. The maximum Gasteiger partial charge on any atom is 0.246 e. The van der Waals surface area contributed by atoms with E-state index in [9.17, 15) is 15.0 Å². The van der Waals surface area contributed by atoms with Gasteiger partial charge in [0.05, 0.1) is 6.10 Å².